The van der Waals surface area contributed by atoms with Crippen LogP contribution < -0.4 is 5.32 Å². The minimum absolute atomic E-state index is 0.0522. The van der Waals surface area contributed by atoms with Crippen molar-refractivity contribution in [2.24, 2.45) is 0 Å². The number of carbonyl (C=O) groups is 1. The molecule has 0 saturated carbocycles. The second-order valence-corrected chi connectivity index (χ2v) is 6.72. The first-order valence-electron chi connectivity index (χ1n) is 7.91. The van der Waals surface area contributed by atoms with Crippen LogP contribution in [0.5, 0.6) is 0 Å². The Kier molecular flexibility index (Phi) is 3.86. The number of rotatable bonds is 3. The Labute approximate surface area is 143 Å². The molecule has 6 nitrogen and oxygen atoms in total. The predicted octanol–water partition coefficient (Wildman–Crippen LogP) is 2.45. The van der Waals surface area contributed by atoms with Gasteiger partial charge in [0.1, 0.15) is 17.3 Å². The zero-order valence-corrected chi connectivity index (χ0v) is 14.1. The van der Waals surface area contributed by atoms with E-state index in [0.717, 1.165) is 34.9 Å². The van der Waals surface area contributed by atoms with E-state index < -0.39 is 0 Å². The van der Waals surface area contributed by atoms with Gasteiger partial charge in [0.2, 0.25) is 0 Å². The molecule has 0 fully saturated rings. The van der Waals surface area contributed by atoms with Gasteiger partial charge in [-0.3, -0.25) is 4.79 Å². The summed E-state index contributed by atoms with van der Waals surface area (Å²) in [7, 11) is 0. The summed E-state index contributed by atoms with van der Waals surface area (Å²) in [5.41, 5.74) is 3.23. The quantitative estimate of drug-likeness (QED) is 0.795. The summed E-state index contributed by atoms with van der Waals surface area (Å²) in [4.78, 5) is 22.3. The normalized spacial score (nSPS) is 16.6. The Morgan fingerprint density at radius 1 is 1.33 bits per heavy atom. The summed E-state index contributed by atoms with van der Waals surface area (Å²) in [6, 6.07) is 9.93. The SMILES string of the molecule is Cc1nc2n(n1)CC(NC(=O)c1ncsc1-c1ccccc1)CC2. The van der Waals surface area contributed by atoms with Crippen molar-refractivity contribution in [3.05, 3.63) is 53.2 Å². The van der Waals surface area contributed by atoms with Crippen molar-refractivity contribution in [2.75, 3.05) is 0 Å². The Balaban J connectivity index is 1.51. The number of nitrogens with zero attached hydrogens (tertiary/aromatic N) is 4. The summed E-state index contributed by atoms with van der Waals surface area (Å²) < 4.78 is 1.89. The fraction of sp³-hybridized carbons (Fsp3) is 0.294. The summed E-state index contributed by atoms with van der Waals surface area (Å²) in [6.07, 6.45) is 1.70. The number of aromatic nitrogens is 4. The monoisotopic (exact) mass is 339 g/mol. The zero-order valence-electron chi connectivity index (χ0n) is 13.3. The second kappa shape index (κ2) is 6.16. The number of aryl methyl sites for hydroxylation is 2. The molecule has 0 bridgehead atoms. The molecule has 0 saturated heterocycles. The number of carbonyl (C=O) groups excluding carboxylic acids is 1. The van der Waals surface area contributed by atoms with Gasteiger partial charge in [0.25, 0.3) is 5.91 Å². The number of amides is 1. The first kappa shape index (κ1) is 15.0. The van der Waals surface area contributed by atoms with Gasteiger partial charge in [0, 0.05) is 12.5 Å². The third kappa shape index (κ3) is 2.82. The molecule has 0 aliphatic carbocycles. The van der Waals surface area contributed by atoms with Crippen molar-refractivity contribution < 1.29 is 4.79 Å². The molecular formula is C17H17N5OS. The van der Waals surface area contributed by atoms with Crippen molar-refractivity contribution >= 4 is 17.2 Å². The lowest BCUT2D eigenvalue weighted by Crippen LogP contribution is -2.41. The van der Waals surface area contributed by atoms with Crippen molar-refractivity contribution in [1.82, 2.24) is 25.1 Å². The lowest BCUT2D eigenvalue weighted by molar-refractivity contribution is 0.0922. The maximum absolute atomic E-state index is 12.7. The van der Waals surface area contributed by atoms with Crippen molar-refractivity contribution in [2.45, 2.75) is 32.4 Å². The highest BCUT2D eigenvalue weighted by molar-refractivity contribution is 7.13. The van der Waals surface area contributed by atoms with Crippen LogP contribution in [0.2, 0.25) is 0 Å². The van der Waals surface area contributed by atoms with Crippen LogP contribution in [0, 0.1) is 6.92 Å². The molecule has 0 radical (unpaired) electrons. The molecule has 3 aromatic rings. The fourth-order valence-corrected chi connectivity index (χ4v) is 3.80. The highest BCUT2D eigenvalue weighted by Gasteiger charge is 2.24. The highest BCUT2D eigenvalue weighted by Crippen LogP contribution is 2.27. The summed E-state index contributed by atoms with van der Waals surface area (Å²) >= 11 is 1.49. The number of nitrogens with one attached hydrogen (secondary N) is 1. The first-order chi connectivity index (χ1) is 11.7. The summed E-state index contributed by atoms with van der Waals surface area (Å²) in [5, 5.41) is 7.48. The maximum Gasteiger partial charge on any atom is 0.271 e. The molecule has 122 valence electrons. The molecule has 24 heavy (non-hydrogen) atoms. The van der Waals surface area contributed by atoms with E-state index >= 15 is 0 Å². The summed E-state index contributed by atoms with van der Waals surface area (Å²) in [6.45, 7) is 2.55. The molecule has 3 heterocycles. The van der Waals surface area contributed by atoms with Gasteiger partial charge >= 0.3 is 0 Å². The average molecular weight is 339 g/mol. The van der Waals surface area contributed by atoms with E-state index in [-0.39, 0.29) is 11.9 Å². The number of thiazole rings is 1. The molecule has 1 aliphatic rings. The molecule has 1 amide bonds. The van der Waals surface area contributed by atoms with Gasteiger partial charge in [0.05, 0.1) is 16.9 Å². The number of benzene rings is 1. The molecular weight excluding hydrogens is 322 g/mol. The van der Waals surface area contributed by atoms with Crippen LogP contribution in [-0.4, -0.2) is 31.7 Å². The standard InChI is InChI=1S/C17H17N5OS/c1-11-19-14-8-7-13(9-22(14)21-11)20-17(23)15-16(24-10-18-15)12-5-3-2-4-6-12/h2-6,10,13H,7-9H2,1H3,(H,20,23). The van der Waals surface area contributed by atoms with Gasteiger partial charge in [-0.2, -0.15) is 5.10 Å². The van der Waals surface area contributed by atoms with Crippen LogP contribution in [0.25, 0.3) is 10.4 Å². The van der Waals surface area contributed by atoms with Crippen molar-refractivity contribution in [3.8, 4) is 10.4 Å². The van der Waals surface area contributed by atoms with Gasteiger partial charge in [-0.1, -0.05) is 30.3 Å². The van der Waals surface area contributed by atoms with E-state index in [0.29, 0.717) is 12.2 Å². The Morgan fingerprint density at radius 2 is 2.17 bits per heavy atom. The third-order valence-electron chi connectivity index (χ3n) is 4.12. The lowest BCUT2D eigenvalue weighted by atomic mass is 10.1. The molecule has 1 aromatic carbocycles. The second-order valence-electron chi connectivity index (χ2n) is 5.86. The highest BCUT2D eigenvalue weighted by atomic mass is 32.1. The van der Waals surface area contributed by atoms with Crippen LogP contribution >= 0.6 is 11.3 Å². The molecule has 7 heteroatoms. The first-order valence-corrected chi connectivity index (χ1v) is 8.79. The number of hydrogen-bond donors (Lipinski definition) is 1. The van der Waals surface area contributed by atoms with Gasteiger partial charge in [-0.05, 0) is 18.9 Å². The van der Waals surface area contributed by atoms with Crippen molar-refractivity contribution in [3.63, 3.8) is 0 Å². The molecule has 2 aromatic heterocycles. The molecule has 1 unspecified atom stereocenters. The maximum atomic E-state index is 12.7. The molecule has 4 rings (SSSR count). The van der Waals surface area contributed by atoms with E-state index in [4.69, 9.17) is 0 Å². The van der Waals surface area contributed by atoms with E-state index in [2.05, 4.69) is 20.4 Å². The molecule has 0 spiro atoms. The minimum Gasteiger partial charge on any atom is -0.346 e. The fourth-order valence-electron chi connectivity index (χ4n) is 3.01. The zero-order chi connectivity index (χ0) is 16.5. The van der Waals surface area contributed by atoms with Crippen LogP contribution in [0.3, 0.4) is 0 Å². The summed E-state index contributed by atoms with van der Waals surface area (Å²) in [5.74, 6) is 1.65. The van der Waals surface area contributed by atoms with Crippen LogP contribution in [-0.2, 0) is 13.0 Å². The van der Waals surface area contributed by atoms with E-state index in [1.807, 2.05) is 41.9 Å². The number of fused-ring (bicyclic) bond motifs is 1. The minimum atomic E-state index is -0.125. The van der Waals surface area contributed by atoms with Crippen LogP contribution in [0.1, 0.15) is 28.6 Å². The van der Waals surface area contributed by atoms with Crippen LogP contribution in [0.15, 0.2) is 35.8 Å². The van der Waals surface area contributed by atoms with Crippen molar-refractivity contribution in [1.29, 1.82) is 0 Å². The van der Waals surface area contributed by atoms with E-state index in [1.54, 1.807) is 5.51 Å². The molecule has 1 N–H and O–H groups in total. The largest absolute Gasteiger partial charge is 0.346 e. The van der Waals surface area contributed by atoms with Gasteiger partial charge < -0.3 is 5.32 Å². The Bertz CT molecular complexity index is 870. The van der Waals surface area contributed by atoms with Gasteiger partial charge in [-0.15, -0.1) is 11.3 Å². The van der Waals surface area contributed by atoms with Crippen LogP contribution in [0.4, 0.5) is 0 Å². The predicted molar refractivity (Wildman–Crippen MR) is 91.9 cm³/mol. The van der Waals surface area contributed by atoms with E-state index in [1.165, 1.54) is 11.3 Å². The Morgan fingerprint density at radius 3 is 3.00 bits per heavy atom. The number of hydrogen-bond acceptors (Lipinski definition) is 5. The Hall–Kier alpha value is -2.54. The lowest BCUT2D eigenvalue weighted by Gasteiger charge is -2.23. The molecule has 1 aliphatic heterocycles. The smallest absolute Gasteiger partial charge is 0.271 e. The third-order valence-corrected chi connectivity index (χ3v) is 4.99. The van der Waals surface area contributed by atoms with Gasteiger partial charge in [0.15, 0.2) is 0 Å². The average Bonchev–Trinajstić information content (AvgIpc) is 3.21. The van der Waals surface area contributed by atoms with Gasteiger partial charge in [-0.25, -0.2) is 14.6 Å². The topological polar surface area (TPSA) is 72.7 Å². The molecule has 1 atom stereocenters. The van der Waals surface area contributed by atoms with E-state index in [9.17, 15) is 4.79 Å².